The molecule has 0 N–H and O–H groups in total. The predicted octanol–water partition coefficient (Wildman–Crippen LogP) is 15.0. The maximum Gasteiger partial charge on any atom is 0.267 e. The first-order chi connectivity index (χ1) is 31.6. The first-order valence-corrected chi connectivity index (χ1v) is 23.6. The van der Waals surface area contributed by atoms with Crippen molar-refractivity contribution < 1.29 is 30.4 Å². The maximum absolute atomic E-state index is 6.78. The number of nitrogens with zero attached hydrogens (tertiary/aromatic N) is 4. The van der Waals surface area contributed by atoms with Gasteiger partial charge in [-0.05, 0) is 85.5 Å². The Morgan fingerprint density at radius 2 is 1.10 bits per heavy atom. The molecule has 6 heteroatoms. The third-order valence-electron chi connectivity index (χ3n) is 13.5. The molecule has 0 saturated heterocycles. The van der Waals surface area contributed by atoms with Crippen molar-refractivity contribution in [3.05, 3.63) is 209 Å². The average Bonchev–Trinajstić information content (AvgIpc) is 3.87. The smallest absolute Gasteiger partial charge is 0.267 e. The number of ether oxygens (including phenoxy) is 1. The molecule has 9 rings (SSSR count). The molecule has 0 aliphatic heterocycles. The predicted molar refractivity (Wildman–Crippen MR) is 276 cm³/mol. The summed E-state index contributed by atoms with van der Waals surface area (Å²) in [5.41, 5.74) is 11.6. The standard InChI is InChI=1S/C62H64N4O.Pt/c1-58(2,3)44-34-35-63-55(38-44)66-53-33-30-46(62(12,13)43-24-18-15-19-25-43)37-52(53)51-32-31-50(40-54(51)66)67-49-29-21-28-48(39-49)65-41-64(56(59(4,5)6)57(65)60(7,8)9)47-27-20-26-45(36-47)61(10,11)42-22-16-14-17-23-42;/h14-38H,1-13H3;/q-2;. The molecule has 0 amide bonds. The van der Waals surface area contributed by atoms with Crippen LogP contribution in [0.2, 0.25) is 0 Å². The topological polar surface area (TPSA) is 35.9 Å². The molecule has 0 fully saturated rings. The van der Waals surface area contributed by atoms with E-state index in [-0.39, 0.29) is 48.1 Å². The molecular weight excluding hydrogens is 1010 g/mol. The van der Waals surface area contributed by atoms with Crippen molar-refractivity contribution in [1.29, 1.82) is 0 Å². The Balaban J connectivity index is 0.00000625. The number of imidazole rings is 1. The minimum absolute atomic E-state index is 0. The third-order valence-corrected chi connectivity index (χ3v) is 13.5. The normalized spacial score (nSPS) is 12.7. The van der Waals surface area contributed by atoms with E-state index < -0.39 is 0 Å². The Morgan fingerprint density at radius 1 is 0.500 bits per heavy atom. The number of pyridine rings is 1. The fourth-order valence-electron chi connectivity index (χ4n) is 9.59. The van der Waals surface area contributed by atoms with Crippen molar-refractivity contribution >= 4 is 21.8 Å². The number of hydrogen-bond acceptors (Lipinski definition) is 2. The molecule has 0 aliphatic carbocycles. The third kappa shape index (κ3) is 9.03. The Hall–Kier alpha value is -6.03. The summed E-state index contributed by atoms with van der Waals surface area (Å²) in [5.74, 6) is 2.03. The van der Waals surface area contributed by atoms with E-state index in [0.29, 0.717) is 11.5 Å². The van der Waals surface area contributed by atoms with Crippen LogP contribution in [0, 0.1) is 18.5 Å². The monoisotopic (exact) mass is 1080 g/mol. The molecule has 0 atom stereocenters. The van der Waals surface area contributed by atoms with Crippen LogP contribution in [0.5, 0.6) is 11.5 Å². The summed E-state index contributed by atoms with van der Waals surface area (Å²) in [4.78, 5) is 4.97. The Kier molecular flexibility index (Phi) is 12.7. The second-order valence-corrected chi connectivity index (χ2v) is 22.3. The summed E-state index contributed by atoms with van der Waals surface area (Å²) < 4.78 is 13.5. The van der Waals surface area contributed by atoms with Crippen molar-refractivity contribution in [3.63, 3.8) is 0 Å². The molecular formula is C62H64N4OPt-2. The van der Waals surface area contributed by atoms with Gasteiger partial charge >= 0.3 is 0 Å². The molecule has 6 aromatic carbocycles. The Labute approximate surface area is 419 Å². The molecule has 0 bridgehead atoms. The molecule has 0 saturated carbocycles. The summed E-state index contributed by atoms with van der Waals surface area (Å²) in [6, 6.07) is 59.3. The zero-order valence-corrected chi connectivity index (χ0v) is 44.2. The van der Waals surface area contributed by atoms with Gasteiger partial charge in [0.25, 0.3) is 6.33 Å². The van der Waals surface area contributed by atoms with Crippen molar-refractivity contribution in [2.75, 3.05) is 0 Å². The molecule has 5 nitrogen and oxygen atoms in total. The first-order valence-electron chi connectivity index (χ1n) is 23.6. The average molecular weight is 1080 g/mol. The summed E-state index contributed by atoms with van der Waals surface area (Å²) in [5, 5.41) is 2.23. The molecule has 0 radical (unpaired) electrons. The Bertz CT molecular complexity index is 3260. The van der Waals surface area contributed by atoms with Crippen LogP contribution in [0.25, 0.3) is 39.0 Å². The summed E-state index contributed by atoms with van der Waals surface area (Å²) >= 11 is 0. The molecule has 0 spiro atoms. The fourth-order valence-corrected chi connectivity index (χ4v) is 9.59. The van der Waals surface area contributed by atoms with Crippen LogP contribution in [-0.4, -0.2) is 14.1 Å². The molecule has 9 aromatic rings. The van der Waals surface area contributed by atoms with Gasteiger partial charge in [-0.3, -0.25) is 4.57 Å². The van der Waals surface area contributed by atoms with Crippen LogP contribution in [0.4, 0.5) is 0 Å². The summed E-state index contributed by atoms with van der Waals surface area (Å²) in [6.45, 7) is 29.6. The molecule has 3 heterocycles. The van der Waals surface area contributed by atoms with Crippen molar-refractivity contribution in [2.45, 2.75) is 117 Å². The van der Waals surface area contributed by atoms with E-state index >= 15 is 0 Å². The fraction of sp³-hybridized carbons (Fsp3) is 0.290. The van der Waals surface area contributed by atoms with E-state index in [4.69, 9.17) is 9.72 Å². The largest absolute Gasteiger partial charge is 0.510 e. The number of rotatable bonds is 9. The van der Waals surface area contributed by atoms with Crippen LogP contribution in [-0.2, 0) is 48.1 Å². The van der Waals surface area contributed by atoms with Crippen LogP contribution in [0.3, 0.4) is 0 Å². The Morgan fingerprint density at radius 3 is 1.72 bits per heavy atom. The van der Waals surface area contributed by atoms with Crippen molar-refractivity contribution in [1.82, 2.24) is 14.1 Å². The van der Waals surface area contributed by atoms with E-state index in [1.165, 1.54) is 39.2 Å². The van der Waals surface area contributed by atoms with Crippen LogP contribution in [0.1, 0.15) is 129 Å². The van der Waals surface area contributed by atoms with Gasteiger partial charge in [0.05, 0.1) is 17.1 Å². The van der Waals surface area contributed by atoms with E-state index in [1.54, 1.807) is 0 Å². The molecule has 0 unspecified atom stereocenters. The minimum atomic E-state index is -0.239. The van der Waals surface area contributed by atoms with Gasteiger partial charge in [0.2, 0.25) is 0 Å². The van der Waals surface area contributed by atoms with E-state index in [9.17, 15) is 0 Å². The van der Waals surface area contributed by atoms with Gasteiger partial charge in [0, 0.05) is 55.1 Å². The molecule has 0 aliphatic rings. The van der Waals surface area contributed by atoms with Gasteiger partial charge in [-0.25, -0.2) is 4.98 Å². The second kappa shape index (κ2) is 17.8. The SMILES string of the molecule is CC(C)(C)c1ccnc(-n2c3[c-]c(Oc4[c-]c(-n5[c-][n+](-c6cccc(C(C)(C)c7ccccc7)c6)c(C(C)(C)C)c5C(C)(C)C)ccc4)ccc3c3cc(C(C)(C)c4ccccc4)ccc32)c1.[Pt]. The van der Waals surface area contributed by atoms with E-state index in [1.807, 2.05) is 24.4 Å². The first kappa shape index (κ1) is 48.4. The van der Waals surface area contributed by atoms with Gasteiger partial charge in [0.15, 0.2) is 0 Å². The second-order valence-electron chi connectivity index (χ2n) is 22.3. The van der Waals surface area contributed by atoms with Gasteiger partial charge in [0.1, 0.15) is 5.82 Å². The van der Waals surface area contributed by atoms with E-state index in [2.05, 4.69) is 250 Å². The molecule has 68 heavy (non-hydrogen) atoms. The van der Waals surface area contributed by atoms with Crippen LogP contribution < -0.4 is 9.30 Å². The van der Waals surface area contributed by atoms with E-state index in [0.717, 1.165) is 39.0 Å². The zero-order valence-electron chi connectivity index (χ0n) is 41.9. The minimum Gasteiger partial charge on any atom is -0.510 e. The number of aromatic nitrogens is 4. The zero-order chi connectivity index (χ0) is 47.7. The maximum atomic E-state index is 6.78. The molecule has 3 aromatic heterocycles. The van der Waals surface area contributed by atoms with Gasteiger partial charge in [-0.2, -0.15) is 18.2 Å². The summed E-state index contributed by atoms with van der Waals surface area (Å²) in [7, 11) is 0. The molecule has 350 valence electrons. The number of hydrogen-bond donors (Lipinski definition) is 0. The van der Waals surface area contributed by atoms with Gasteiger partial charge < -0.3 is 13.9 Å². The van der Waals surface area contributed by atoms with Crippen molar-refractivity contribution in [2.24, 2.45) is 0 Å². The number of fused-ring (bicyclic) bond motifs is 3. The quantitative estimate of drug-likeness (QED) is 0.107. The van der Waals surface area contributed by atoms with Crippen molar-refractivity contribution in [3.8, 4) is 28.7 Å². The van der Waals surface area contributed by atoms with Gasteiger partial charge in [-0.1, -0.05) is 180 Å². The van der Waals surface area contributed by atoms with Crippen LogP contribution in [0.15, 0.2) is 152 Å². The summed E-state index contributed by atoms with van der Waals surface area (Å²) in [6.07, 6.45) is 5.76. The number of benzene rings is 6. The van der Waals surface area contributed by atoms with Crippen LogP contribution >= 0.6 is 0 Å². The van der Waals surface area contributed by atoms with Gasteiger partial charge in [-0.15, -0.1) is 29.7 Å².